The standard InChI is InChI=1S/C21H35/c1-2-3-4-5-6-7-8-9-10-11-12-13-15-18-21-19-16-14-17-20-21/h14,16,19-20H,2-13,15,18H2,1H3. The second-order valence-corrected chi connectivity index (χ2v) is 6.40. The predicted octanol–water partition coefficient (Wildman–Crippen LogP) is 7.12. The lowest BCUT2D eigenvalue weighted by molar-refractivity contribution is 0.539. The van der Waals surface area contributed by atoms with Gasteiger partial charge in [0.1, 0.15) is 0 Å². The molecule has 0 spiro atoms. The quantitative estimate of drug-likeness (QED) is 0.319. The highest BCUT2D eigenvalue weighted by atomic mass is 14.0. The zero-order valence-corrected chi connectivity index (χ0v) is 14.2. The van der Waals surface area contributed by atoms with Crippen LogP contribution in [0.5, 0.6) is 0 Å². The van der Waals surface area contributed by atoms with Gasteiger partial charge in [0, 0.05) is 0 Å². The fourth-order valence-corrected chi connectivity index (χ4v) is 2.93. The van der Waals surface area contributed by atoms with Gasteiger partial charge in [-0.2, -0.15) is 0 Å². The van der Waals surface area contributed by atoms with E-state index in [0.29, 0.717) is 0 Å². The molecule has 0 fully saturated rings. The Kier molecular flexibility index (Phi) is 12.3. The normalized spacial score (nSPS) is 10.9. The van der Waals surface area contributed by atoms with Crippen molar-refractivity contribution >= 4 is 0 Å². The van der Waals surface area contributed by atoms with E-state index in [2.05, 4.69) is 31.2 Å². The van der Waals surface area contributed by atoms with Gasteiger partial charge in [-0.25, -0.2) is 0 Å². The van der Waals surface area contributed by atoms with Crippen LogP contribution < -0.4 is 0 Å². The van der Waals surface area contributed by atoms with Crippen LogP contribution in [-0.2, 0) is 6.42 Å². The maximum atomic E-state index is 3.16. The van der Waals surface area contributed by atoms with Gasteiger partial charge in [-0.15, -0.1) is 0 Å². The summed E-state index contributed by atoms with van der Waals surface area (Å²) in [4.78, 5) is 0. The van der Waals surface area contributed by atoms with Crippen molar-refractivity contribution in [1.82, 2.24) is 0 Å². The zero-order chi connectivity index (χ0) is 15.0. The zero-order valence-electron chi connectivity index (χ0n) is 14.2. The summed E-state index contributed by atoms with van der Waals surface area (Å²) in [6, 6.07) is 11.6. The number of unbranched alkanes of at least 4 members (excludes halogenated alkanes) is 12. The fraction of sp³-hybridized carbons (Fsp3) is 0.714. The number of benzene rings is 1. The van der Waals surface area contributed by atoms with Crippen molar-refractivity contribution in [3.63, 3.8) is 0 Å². The van der Waals surface area contributed by atoms with Gasteiger partial charge >= 0.3 is 0 Å². The van der Waals surface area contributed by atoms with Gasteiger partial charge in [0.25, 0.3) is 0 Å². The fourth-order valence-electron chi connectivity index (χ4n) is 2.93. The Bertz CT molecular complexity index is 301. The highest BCUT2D eigenvalue weighted by Crippen LogP contribution is 2.13. The summed E-state index contributed by atoms with van der Waals surface area (Å²) < 4.78 is 0. The maximum Gasteiger partial charge on any atom is -0.0181 e. The minimum atomic E-state index is 1.23. The minimum Gasteiger partial charge on any atom is -0.0654 e. The Balaban J connectivity index is 1.75. The first-order valence-corrected chi connectivity index (χ1v) is 9.38. The lowest BCUT2D eigenvalue weighted by atomic mass is 10.0. The van der Waals surface area contributed by atoms with E-state index < -0.39 is 0 Å². The van der Waals surface area contributed by atoms with Crippen LogP contribution in [0.2, 0.25) is 0 Å². The summed E-state index contributed by atoms with van der Waals surface area (Å²) >= 11 is 0. The maximum absolute atomic E-state index is 3.16. The molecule has 1 aromatic rings. The molecule has 119 valence electrons. The Morgan fingerprint density at radius 1 is 0.714 bits per heavy atom. The monoisotopic (exact) mass is 287 g/mol. The summed E-state index contributed by atoms with van der Waals surface area (Å²) in [5.41, 5.74) is 1.44. The Hall–Kier alpha value is -0.780. The van der Waals surface area contributed by atoms with E-state index in [1.165, 1.54) is 95.5 Å². The molecule has 0 heteroatoms. The Labute approximate surface area is 133 Å². The van der Waals surface area contributed by atoms with Crippen LogP contribution in [0.3, 0.4) is 0 Å². The van der Waals surface area contributed by atoms with E-state index >= 15 is 0 Å². The summed E-state index contributed by atoms with van der Waals surface area (Å²) in [6.45, 7) is 2.29. The number of rotatable bonds is 14. The van der Waals surface area contributed by atoms with Crippen LogP contribution in [0, 0.1) is 6.07 Å². The van der Waals surface area contributed by atoms with Crippen molar-refractivity contribution in [2.75, 3.05) is 0 Å². The highest BCUT2D eigenvalue weighted by molar-refractivity contribution is 5.13. The van der Waals surface area contributed by atoms with E-state index in [1.807, 2.05) is 6.07 Å². The first-order chi connectivity index (χ1) is 10.4. The van der Waals surface area contributed by atoms with Crippen LogP contribution in [0.25, 0.3) is 0 Å². The van der Waals surface area contributed by atoms with E-state index in [0.717, 1.165) is 0 Å². The average molecular weight is 288 g/mol. The molecule has 0 saturated carbocycles. The molecule has 1 aromatic carbocycles. The average Bonchev–Trinajstić information content (AvgIpc) is 2.53. The molecule has 0 bridgehead atoms. The molecule has 0 unspecified atom stereocenters. The summed E-state index contributed by atoms with van der Waals surface area (Å²) in [7, 11) is 0. The van der Waals surface area contributed by atoms with Gasteiger partial charge in [0.05, 0.1) is 0 Å². The molecule has 0 aliphatic rings. The highest BCUT2D eigenvalue weighted by Gasteiger charge is 1.95. The largest absolute Gasteiger partial charge is 0.0654 e. The molecule has 0 aliphatic heterocycles. The molecule has 1 radical (unpaired) electrons. The Morgan fingerprint density at radius 3 is 1.71 bits per heavy atom. The molecule has 0 aliphatic carbocycles. The predicted molar refractivity (Wildman–Crippen MR) is 94.7 cm³/mol. The SMILES string of the molecule is CCCCCCCCCCCCCCCc1c[c]ccc1. The van der Waals surface area contributed by atoms with E-state index in [4.69, 9.17) is 0 Å². The van der Waals surface area contributed by atoms with Gasteiger partial charge < -0.3 is 0 Å². The van der Waals surface area contributed by atoms with Crippen molar-refractivity contribution in [3.05, 3.63) is 35.9 Å². The third kappa shape index (κ3) is 11.5. The molecule has 0 amide bonds. The second-order valence-electron chi connectivity index (χ2n) is 6.40. The molecule has 0 N–H and O–H groups in total. The third-order valence-corrected chi connectivity index (χ3v) is 4.34. The third-order valence-electron chi connectivity index (χ3n) is 4.34. The second kappa shape index (κ2) is 14.2. The van der Waals surface area contributed by atoms with Crippen LogP contribution in [0.15, 0.2) is 24.3 Å². The molecule has 0 atom stereocenters. The molecule has 1 rings (SSSR count). The molecule has 0 saturated heterocycles. The van der Waals surface area contributed by atoms with Crippen molar-refractivity contribution in [2.24, 2.45) is 0 Å². The minimum absolute atomic E-state index is 1.23. The lowest BCUT2D eigenvalue weighted by Crippen LogP contribution is -1.86. The topological polar surface area (TPSA) is 0 Å². The Morgan fingerprint density at radius 2 is 1.24 bits per heavy atom. The van der Waals surface area contributed by atoms with E-state index in [1.54, 1.807) is 0 Å². The number of hydrogen-bond acceptors (Lipinski definition) is 0. The van der Waals surface area contributed by atoms with Crippen LogP contribution in [0.4, 0.5) is 0 Å². The van der Waals surface area contributed by atoms with Gasteiger partial charge in [-0.1, -0.05) is 108 Å². The lowest BCUT2D eigenvalue weighted by Gasteiger charge is -2.03. The van der Waals surface area contributed by atoms with Crippen molar-refractivity contribution in [2.45, 2.75) is 96.8 Å². The first kappa shape index (κ1) is 18.3. The van der Waals surface area contributed by atoms with Crippen LogP contribution >= 0.6 is 0 Å². The summed E-state index contributed by atoms with van der Waals surface area (Å²) in [6.07, 6.45) is 19.9. The molecule has 0 aromatic heterocycles. The number of hydrogen-bond donors (Lipinski definition) is 0. The van der Waals surface area contributed by atoms with Crippen molar-refractivity contribution < 1.29 is 0 Å². The van der Waals surface area contributed by atoms with Crippen LogP contribution in [0.1, 0.15) is 96.0 Å². The number of aryl methyl sites for hydroxylation is 1. The molecule has 0 nitrogen and oxygen atoms in total. The smallest absolute Gasteiger partial charge is 0.0181 e. The van der Waals surface area contributed by atoms with E-state index in [-0.39, 0.29) is 0 Å². The summed E-state index contributed by atoms with van der Waals surface area (Å²) in [5.74, 6) is 0. The molecular weight excluding hydrogens is 252 g/mol. The van der Waals surface area contributed by atoms with Gasteiger partial charge in [-0.3, -0.25) is 0 Å². The van der Waals surface area contributed by atoms with Gasteiger partial charge in [0.15, 0.2) is 0 Å². The van der Waals surface area contributed by atoms with Crippen molar-refractivity contribution in [3.8, 4) is 0 Å². The molecule has 21 heavy (non-hydrogen) atoms. The van der Waals surface area contributed by atoms with Gasteiger partial charge in [-0.05, 0) is 24.5 Å². The molecule has 0 heterocycles. The first-order valence-electron chi connectivity index (χ1n) is 9.38. The van der Waals surface area contributed by atoms with Crippen molar-refractivity contribution in [1.29, 1.82) is 0 Å². The van der Waals surface area contributed by atoms with Crippen LogP contribution in [-0.4, -0.2) is 0 Å². The van der Waals surface area contributed by atoms with Gasteiger partial charge in [0.2, 0.25) is 0 Å². The summed E-state index contributed by atoms with van der Waals surface area (Å²) in [5, 5.41) is 0. The van der Waals surface area contributed by atoms with E-state index in [9.17, 15) is 0 Å². The molecular formula is C21H35.